The van der Waals surface area contributed by atoms with Crippen molar-refractivity contribution in [3.8, 4) is 11.3 Å². The van der Waals surface area contributed by atoms with Gasteiger partial charge in [0.05, 0.1) is 21.6 Å². The molecule has 0 spiro atoms. The minimum atomic E-state index is -4.37. The number of fused-ring (bicyclic) bond motifs is 1. The molecule has 0 bridgehead atoms. The molecule has 2 heterocycles. The molecule has 0 atom stereocenters. The number of benzene rings is 1. The second kappa shape index (κ2) is 6.04. The Kier molecular flexibility index (Phi) is 4.20. The van der Waals surface area contributed by atoms with Gasteiger partial charge in [0.15, 0.2) is 0 Å². The maximum Gasteiger partial charge on any atom is 0.259 e. The fourth-order valence-corrected chi connectivity index (χ4v) is 2.98. The van der Waals surface area contributed by atoms with Gasteiger partial charge in [-0.1, -0.05) is 23.7 Å². The summed E-state index contributed by atoms with van der Waals surface area (Å²) >= 11 is 5.87. The molecule has 24 heavy (non-hydrogen) atoms. The van der Waals surface area contributed by atoms with Crippen molar-refractivity contribution in [2.24, 2.45) is 0 Å². The average Bonchev–Trinajstić information content (AvgIpc) is 2.92. The molecule has 0 amide bonds. The average molecular weight is 367 g/mol. The summed E-state index contributed by atoms with van der Waals surface area (Å²) in [5, 5.41) is 0.582. The van der Waals surface area contributed by atoms with E-state index >= 15 is 0 Å². The van der Waals surface area contributed by atoms with Crippen LogP contribution in [-0.2, 0) is 16.7 Å². The summed E-state index contributed by atoms with van der Waals surface area (Å²) in [6.45, 7) is 1.59. The lowest BCUT2D eigenvalue weighted by molar-refractivity contribution is 0.458. The van der Waals surface area contributed by atoms with Gasteiger partial charge < -0.3 is 9.12 Å². The molecule has 9 heteroatoms. The van der Waals surface area contributed by atoms with E-state index in [0.29, 0.717) is 16.4 Å². The number of imidazole rings is 1. The topological polar surface area (TPSA) is 96.5 Å². The fraction of sp³-hybridized carbons (Fsp3) is 0.200. The van der Waals surface area contributed by atoms with Gasteiger partial charge in [-0.25, -0.2) is 13.4 Å². The molecule has 0 aliphatic rings. The highest BCUT2D eigenvalue weighted by Gasteiger charge is 2.12. The molecule has 0 aliphatic heterocycles. The molecule has 3 aromatic rings. The molecule has 0 radical (unpaired) electrons. The first-order valence-electron chi connectivity index (χ1n) is 7.04. The van der Waals surface area contributed by atoms with E-state index in [-0.39, 0.29) is 17.9 Å². The third-order valence-electron chi connectivity index (χ3n) is 3.63. The standard InChI is InChI=1S/C15H14ClN3O4S/c1-10-8-14(20)19-9-13(11-2-4-12(16)5-3-11)17-15(19)18(10)6-7-24(21,22)23/h2-5,8-9H,6-7H2,1H3,(H,21,22,23)/p-1. The van der Waals surface area contributed by atoms with Gasteiger partial charge in [0.1, 0.15) is 0 Å². The quantitative estimate of drug-likeness (QED) is 0.654. The molecule has 7 nitrogen and oxygen atoms in total. The maximum absolute atomic E-state index is 12.2. The zero-order valence-corrected chi connectivity index (χ0v) is 14.2. The number of aryl methyl sites for hydroxylation is 2. The van der Waals surface area contributed by atoms with Crippen LogP contribution in [0.3, 0.4) is 0 Å². The van der Waals surface area contributed by atoms with Gasteiger partial charge >= 0.3 is 0 Å². The molecule has 0 saturated carbocycles. The summed E-state index contributed by atoms with van der Waals surface area (Å²) in [5.41, 5.74) is 1.57. The van der Waals surface area contributed by atoms with Crippen molar-refractivity contribution in [1.82, 2.24) is 14.0 Å². The highest BCUT2D eigenvalue weighted by molar-refractivity contribution is 7.85. The van der Waals surface area contributed by atoms with Crippen molar-refractivity contribution in [3.63, 3.8) is 0 Å². The van der Waals surface area contributed by atoms with E-state index in [1.807, 2.05) is 0 Å². The minimum Gasteiger partial charge on any atom is -0.748 e. The smallest absolute Gasteiger partial charge is 0.259 e. The first-order chi connectivity index (χ1) is 11.2. The predicted molar refractivity (Wildman–Crippen MR) is 89.2 cm³/mol. The van der Waals surface area contributed by atoms with Crippen molar-refractivity contribution in [2.75, 3.05) is 5.75 Å². The van der Waals surface area contributed by atoms with Gasteiger partial charge in [-0.3, -0.25) is 9.20 Å². The van der Waals surface area contributed by atoms with Crippen LogP contribution in [0.25, 0.3) is 17.0 Å². The highest BCUT2D eigenvalue weighted by atomic mass is 35.5. The SMILES string of the molecule is Cc1cc(=O)n2cc(-c3ccc(Cl)cc3)nc2n1CCS(=O)(=O)[O-]. The molecule has 0 unspecified atom stereocenters. The van der Waals surface area contributed by atoms with Crippen LogP contribution < -0.4 is 5.56 Å². The number of aromatic nitrogens is 3. The molecular weight excluding hydrogens is 354 g/mol. The molecule has 126 valence electrons. The summed E-state index contributed by atoms with van der Waals surface area (Å²) in [5.74, 6) is -0.288. The summed E-state index contributed by atoms with van der Waals surface area (Å²) in [7, 11) is -4.37. The Bertz CT molecular complexity index is 1070. The monoisotopic (exact) mass is 366 g/mol. The van der Waals surface area contributed by atoms with Crippen LogP contribution in [0.1, 0.15) is 5.69 Å². The Morgan fingerprint density at radius 3 is 2.54 bits per heavy atom. The molecule has 0 saturated heterocycles. The summed E-state index contributed by atoms with van der Waals surface area (Å²) in [6, 6.07) is 8.34. The first-order valence-corrected chi connectivity index (χ1v) is 8.99. The Labute approximate surface area is 142 Å². The lowest BCUT2D eigenvalue weighted by Gasteiger charge is -2.13. The third-order valence-corrected chi connectivity index (χ3v) is 4.56. The molecular formula is C15H13ClN3O4S-. The minimum absolute atomic E-state index is 0.0709. The zero-order chi connectivity index (χ0) is 17.5. The van der Waals surface area contributed by atoms with Crippen LogP contribution in [-0.4, -0.2) is 32.7 Å². The molecule has 2 aromatic heterocycles. The van der Waals surface area contributed by atoms with Gasteiger partial charge in [0, 0.05) is 35.1 Å². The van der Waals surface area contributed by atoms with Crippen molar-refractivity contribution >= 4 is 27.5 Å². The van der Waals surface area contributed by atoms with Crippen molar-refractivity contribution in [1.29, 1.82) is 0 Å². The maximum atomic E-state index is 12.2. The summed E-state index contributed by atoms with van der Waals surface area (Å²) in [6.07, 6.45) is 1.57. The van der Waals surface area contributed by atoms with Gasteiger partial charge in [-0.2, -0.15) is 0 Å². The number of halogens is 1. The van der Waals surface area contributed by atoms with Crippen LogP contribution in [0.2, 0.25) is 5.02 Å². The number of nitrogens with zero attached hydrogens (tertiary/aromatic N) is 3. The Balaban J connectivity index is 2.15. The van der Waals surface area contributed by atoms with E-state index in [9.17, 15) is 17.8 Å². The van der Waals surface area contributed by atoms with E-state index in [1.54, 1.807) is 37.4 Å². The van der Waals surface area contributed by atoms with E-state index in [4.69, 9.17) is 11.6 Å². The van der Waals surface area contributed by atoms with Crippen molar-refractivity contribution < 1.29 is 13.0 Å². The van der Waals surface area contributed by atoms with Crippen LogP contribution in [0, 0.1) is 6.92 Å². The van der Waals surface area contributed by atoms with Crippen molar-refractivity contribution in [3.05, 3.63) is 57.6 Å². The van der Waals surface area contributed by atoms with Crippen LogP contribution in [0.5, 0.6) is 0 Å². The van der Waals surface area contributed by atoms with Crippen LogP contribution in [0.4, 0.5) is 0 Å². The second-order valence-electron chi connectivity index (χ2n) is 5.34. The highest BCUT2D eigenvalue weighted by Crippen LogP contribution is 2.21. The Hall–Kier alpha value is -2.16. The molecule has 0 N–H and O–H groups in total. The fourth-order valence-electron chi connectivity index (χ4n) is 2.45. The normalized spacial score (nSPS) is 12.0. The number of hydrogen-bond donors (Lipinski definition) is 0. The van der Waals surface area contributed by atoms with Gasteiger partial charge in [-0.15, -0.1) is 0 Å². The number of hydrogen-bond acceptors (Lipinski definition) is 5. The summed E-state index contributed by atoms with van der Waals surface area (Å²) < 4.78 is 35.6. The Morgan fingerprint density at radius 2 is 1.92 bits per heavy atom. The predicted octanol–water partition coefficient (Wildman–Crippen LogP) is 1.67. The molecule has 1 aromatic carbocycles. The Morgan fingerprint density at radius 1 is 1.25 bits per heavy atom. The molecule has 0 aliphatic carbocycles. The zero-order valence-electron chi connectivity index (χ0n) is 12.6. The lowest BCUT2D eigenvalue weighted by Crippen LogP contribution is -2.21. The van der Waals surface area contributed by atoms with E-state index in [0.717, 1.165) is 5.56 Å². The molecule has 0 fully saturated rings. The van der Waals surface area contributed by atoms with E-state index in [1.165, 1.54) is 15.0 Å². The molecule has 3 rings (SSSR count). The van der Waals surface area contributed by atoms with Gasteiger partial charge in [0.25, 0.3) is 5.56 Å². The first kappa shape index (κ1) is 16.7. The third kappa shape index (κ3) is 3.35. The van der Waals surface area contributed by atoms with E-state index in [2.05, 4.69) is 4.98 Å². The van der Waals surface area contributed by atoms with Gasteiger partial charge in [-0.05, 0) is 19.1 Å². The lowest BCUT2D eigenvalue weighted by atomic mass is 10.2. The van der Waals surface area contributed by atoms with Crippen LogP contribution >= 0.6 is 11.6 Å². The van der Waals surface area contributed by atoms with Gasteiger partial charge in [0.2, 0.25) is 5.78 Å². The van der Waals surface area contributed by atoms with E-state index < -0.39 is 15.9 Å². The van der Waals surface area contributed by atoms with Crippen LogP contribution in [0.15, 0.2) is 41.3 Å². The number of rotatable bonds is 4. The largest absolute Gasteiger partial charge is 0.748 e. The van der Waals surface area contributed by atoms with Crippen molar-refractivity contribution in [2.45, 2.75) is 13.5 Å². The second-order valence-corrected chi connectivity index (χ2v) is 7.30. The summed E-state index contributed by atoms with van der Waals surface area (Å²) in [4.78, 5) is 16.6.